The van der Waals surface area contributed by atoms with Crippen molar-refractivity contribution in [3.63, 3.8) is 0 Å². The Kier molecular flexibility index (Phi) is 23.7. The van der Waals surface area contributed by atoms with Gasteiger partial charge in [0.25, 0.3) is 0 Å². The quantitative estimate of drug-likeness (QED) is 0.0430. The van der Waals surface area contributed by atoms with Crippen LogP contribution in [0.2, 0.25) is 0 Å². The third-order valence-corrected chi connectivity index (χ3v) is 14.0. The van der Waals surface area contributed by atoms with Crippen molar-refractivity contribution in [1.82, 2.24) is 0 Å². The fraction of sp³-hybridized carbons (Fsp3) is 0.978. The Hall–Kier alpha value is -1.41. The molecule has 5 aliphatic heterocycles. The lowest BCUT2D eigenvalue weighted by Gasteiger charge is -2.50. The summed E-state index contributed by atoms with van der Waals surface area (Å²) in [4.78, 5) is 10.8. The normalized spacial score (nSPS) is 45.4. The molecule has 24 heteroatoms. The van der Waals surface area contributed by atoms with Gasteiger partial charge in [-0.3, -0.25) is 4.79 Å². The number of hydrogen-bond donors (Lipinski definition) is 13. The summed E-state index contributed by atoms with van der Waals surface area (Å²) >= 11 is 0. The van der Waals surface area contributed by atoms with Crippen LogP contribution < -0.4 is 0 Å². The minimum absolute atomic E-state index is 0.165. The van der Waals surface area contributed by atoms with Gasteiger partial charge < -0.3 is 114 Å². The molecule has 24 nitrogen and oxygen atoms in total. The van der Waals surface area contributed by atoms with Crippen LogP contribution >= 0.6 is 0 Å². The largest absolute Gasteiger partial charge is 0.481 e. The summed E-state index contributed by atoms with van der Waals surface area (Å²) in [5, 5.41) is 139. The maximum absolute atomic E-state index is 11.9. The van der Waals surface area contributed by atoms with Gasteiger partial charge in [-0.2, -0.15) is 0 Å². The Labute approximate surface area is 408 Å². The topological polar surface area (TPSA) is 372 Å². The van der Waals surface area contributed by atoms with E-state index in [1.165, 1.54) is 20.8 Å². The summed E-state index contributed by atoms with van der Waals surface area (Å²) in [5.74, 6) is -0.794. The van der Waals surface area contributed by atoms with Crippen molar-refractivity contribution in [2.75, 3.05) is 6.61 Å². The maximum atomic E-state index is 11.9. The van der Waals surface area contributed by atoms with Crippen molar-refractivity contribution in [2.24, 2.45) is 0 Å². The molecule has 0 spiro atoms. The molecule has 0 aromatic heterocycles. The number of carboxylic acid groups (broad SMARTS) is 1. The average molecular weight is 1020 g/mol. The molecule has 0 aromatic carbocycles. The van der Waals surface area contributed by atoms with Crippen LogP contribution in [0.1, 0.15) is 118 Å². The molecule has 0 bridgehead atoms. The molecule has 70 heavy (non-hydrogen) atoms. The van der Waals surface area contributed by atoms with Crippen molar-refractivity contribution in [3.05, 3.63) is 0 Å². The molecule has 0 unspecified atom stereocenters. The minimum Gasteiger partial charge on any atom is -0.481 e. The van der Waals surface area contributed by atoms with Crippen LogP contribution in [0.15, 0.2) is 0 Å². The summed E-state index contributed by atoms with van der Waals surface area (Å²) in [7, 11) is 0. The van der Waals surface area contributed by atoms with Gasteiger partial charge in [0.2, 0.25) is 0 Å². The summed E-state index contributed by atoms with van der Waals surface area (Å²) in [5.41, 5.74) is 0. The Morgan fingerprint density at radius 3 is 1.43 bits per heavy atom. The summed E-state index contributed by atoms with van der Waals surface area (Å²) in [6.07, 6.45) is -29.0. The number of ether oxygens (including phenoxy) is 10. The van der Waals surface area contributed by atoms with Crippen LogP contribution in [0, 0.1) is 0 Å². The first-order valence-electron chi connectivity index (χ1n) is 25.1. The van der Waals surface area contributed by atoms with Crippen LogP contribution in [0.4, 0.5) is 0 Å². The highest BCUT2D eigenvalue weighted by Gasteiger charge is 2.56. The third-order valence-electron chi connectivity index (χ3n) is 14.0. The highest BCUT2D eigenvalue weighted by Crippen LogP contribution is 2.37. The second-order valence-electron chi connectivity index (χ2n) is 19.5. The van der Waals surface area contributed by atoms with Crippen molar-refractivity contribution in [3.8, 4) is 0 Å². The van der Waals surface area contributed by atoms with Gasteiger partial charge in [-0.1, -0.05) is 64.7 Å². The Bertz CT molecular complexity index is 1520. The second-order valence-corrected chi connectivity index (χ2v) is 19.5. The fourth-order valence-corrected chi connectivity index (χ4v) is 9.56. The molecule has 0 amide bonds. The summed E-state index contributed by atoms with van der Waals surface area (Å²) in [6, 6.07) is 0. The molecular weight excluding hydrogens is 936 g/mol. The third kappa shape index (κ3) is 15.1. The molecule has 0 aromatic rings. The number of aliphatic hydroxyl groups is 12. The van der Waals surface area contributed by atoms with Crippen molar-refractivity contribution >= 4 is 5.97 Å². The number of carbonyl (C=O) groups is 1. The van der Waals surface area contributed by atoms with Crippen LogP contribution in [-0.4, -0.2) is 239 Å². The first kappa shape index (κ1) is 59.5. The van der Waals surface area contributed by atoms with E-state index in [-0.39, 0.29) is 12.5 Å². The van der Waals surface area contributed by atoms with E-state index in [1.54, 1.807) is 6.92 Å². The molecule has 0 saturated carbocycles. The van der Waals surface area contributed by atoms with E-state index in [0.717, 1.165) is 57.8 Å². The number of rotatable bonds is 25. The highest BCUT2D eigenvalue weighted by molar-refractivity contribution is 5.66. The predicted molar refractivity (Wildman–Crippen MR) is 237 cm³/mol. The lowest BCUT2D eigenvalue weighted by atomic mass is 9.95. The van der Waals surface area contributed by atoms with Crippen molar-refractivity contribution in [1.29, 1.82) is 0 Å². The van der Waals surface area contributed by atoms with E-state index in [2.05, 4.69) is 6.92 Å². The van der Waals surface area contributed by atoms with Gasteiger partial charge >= 0.3 is 5.97 Å². The molecule has 0 radical (unpaired) electrons. The van der Waals surface area contributed by atoms with E-state index < -0.39 is 166 Å². The van der Waals surface area contributed by atoms with Crippen molar-refractivity contribution < 1.29 is 119 Å². The molecule has 5 rings (SSSR count). The van der Waals surface area contributed by atoms with Gasteiger partial charge in [-0.05, 0) is 47.0 Å². The van der Waals surface area contributed by atoms with Crippen LogP contribution in [0.25, 0.3) is 0 Å². The Morgan fingerprint density at radius 2 is 0.843 bits per heavy atom. The smallest absolute Gasteiger partial charge is 0.303 e. The first-order valence-corrected chi connectivity index (χ1v) is 25.1. The van der Waals surface area contributed by atoms with Gasteiger partial charge in [0.15, 0.2) is 31.5 Å². The molecular formula is C46H82O24. The SMILES string of the molecule is CCCCC[C@@H](CCCCCCCCCC(=O)O)O[C@@H]1O[C@H](C)[C@H](O)[C@H](O)[C@H]1O[C@@H]1O[C@@H](C)[C@H](O[C@@H]2O[C@@H](C)[C@H](O[C@@H]3O[C@@H](C)[C@H](O)[C@@H](O)[C@H]3O)[C@@H](O[C@@H]3O[C@H](CO)[C@@H](O)[C@H](O)[C@H]3O)[C@H]2O)[C@@H](O)[C@H]1O. The van der Waals surface area contributed by atoms with E-state index >= 15 is 0 Å². The van der Waals surface area contributed by atoms with E-state index in [9.17, 15) is 66.1 Å². The lowest BCUT2D eigenvalue weighted by molar-refractivity contribution is -0.400. The lowest BCUT2D eigenvalue weighted by Crippen LogP contribution is -2.67. The van der Waals surface area contributed by atoms with Crippen LogP contribution in [0.3, 0.4) is 0 Å². The molecule has 5 saturated heterocycles. The highest BCUT2D eigenvalue weighted by atomic mass is 16.8. The van der Waals surface area contributed by atoms with Crippen LogP contribution in [-0.2, 0) is 52.2 Å². The number of hydrogen-bond acceptors (Lipinski definition) is 23. The fourth-order valence-electron chi connectivity index (χ4n) is 9.56. The molecule has 5 fully saturated rings. The Balaban J connectivity index is 1.27. The molecule has 26 atom stereocenters. The van der Waals surface area contributed by atoms with Crippen molar-refractivity contribution in [2.45, 2.75) is 278 Å². The number of aliphatic carboxylic acids is 1. The molecule has 5 aliphatic rings. The monoisotopic (exact) mass is 1020 g/mol. The summed E-state index contributed by atoms with van der Waals surface area (Å²) in [6.45, 7) is 7.15. The van der Waals surface area contributed by atoms with Crippen LogP contribution in [0.5, 0.6) is 0 Å². The van der Waals surface area contributed by atoms with Gasteiger partial charge in [0, 0.05) is 6.42 Å². The average Bonchev–Trinajstić information content (AvgIpc) is 3.32. The summed E-state index contributed by atoms with van der Waals surface area (Å²) < 4.78 is 60.0. The zero-order valence-electron chi connectivity index (χ0n) is 40.7. The number of unbranched alkanes of at least 4 members (excludes halogenated alkanes) is 8. The second kappa shape index (κ2) is 27.9. The van der Waals surface area contributed by atoms with Gasteiger partial charge in [0.05, 0.1) is 37.1 Å². The standard InChI is InChI=1S/C46H82O24/c1-6-7-13-16-24(17-14-11-9-8-10-12-15-18-26(48)49)65-46-41(32(55)28(51)21(3)62-46)70-43-36(59)33(56)38(22(4)63-43)67-45-37(60)40(69-44-35(58)31(54)29(52)25(19-47)66-44)39(23(5)64-45)68-42-34(57)30(53)27(50)20(2)61-42/h20-25,27-47,50-60H,6-19H2,1-5H3,(H,48,49)/t20-,21+,22-,23-,24-,25+,27-,28-,29+,30+,31-,32-,33-,34+,35+,36+,37+,38-,39-,40-,41+,42-,43-,44-,45-,46-/m0/s1. The Morgan fingerprint density at radius 1 is 0.429 bits per heavy atom. The van der Waals surface area contributed by atoms with E-state index in [0.29, 0.717) is 19.3 Å². The molecule has 5 heterocycles. The van der Waals surface area contributed by atoms with Gasteiger partial charge in [-0.25, -0.2) is 0 Å². The molecule has 13 N–H and O–H groups in total. The van der Waals surface area contributed by atoms with E-state index in [4.69, 9.17) is 52.5 Å². The maximum Gasteiger partial charge on any atom is 0.303 e. The van der Waals surface area contributed by atoms with E-state index in [1.807, 2.05) is 0 Å². The molecule has 0 aliphatic carbocycles. The number of carboxylic acids is 1. The number of aliphatic hydroxyl groups excluding tert-OH is 12. The van der Waals surface area contributed by atoms with Gasteiger partial charge in [0.1, 0.15) is 97.7 Å². The van der Waals surface area contributed by atoms with Gasteiger partial charge in [-0.15, -0.1) is 0 Å². The predicted octanol–water partition coefficient (Wildman–Crippen LogP) is -2.25. The molecule has 410 valence electrons. The minimum atomic E-state index is -1.95. The zero-order valence-corrected chi connectivity index (χ0v) is 40.7. The zero-order chi connectivity index (χ0) is 51.6. The first-order chi connectivity index (χ1) is 33.2.